The molecule has 27 heavy (non-hydrogen) atoms. The minimum Gasteiger partial charge on any atom is -0.352 e. The second-order valence-corrected chi connectivity index (χ2v) is 7.82. The SMILES string of the molecule is O=C1C(=CC2CCN(Cc3ccccc3)CC2)Cc2c1[nH]c1ccccc21. The van der Waals surface area contributed by atoms with Crippen LogP contribution in [0.2, 0.25) is 0 Å². The van der Waals surface area contributed by atoms with Crippen LogP contribution in [0.5, 0.6) is 0 Å². The second kappa shape index (κ2) is 6.82. The standard InChI is InChI=1S/C24H24N2O/c27-24-19(15-21-20-8-4-5-9-22(20)25-23(21)24)14-17-10-12-26(13-11-17)16-18-6-2-1-3-7-18/h1-9,14,17,25H,10-13,15-16H2. The topological polar surface area (TPSA) is 36.1 Å². The normalized spacial score (nSPS) is 19.9. The minimum absolute atomic E-state index is 0.202. The van der Waals surface area contributed by atoms with E-state index in [1.807, 2.05) is 18.2 Å². The molecule has 0 atom stereocenters. The summed E-state index contributed by atoms with van der Waals surface area (Å²) in [5, 5.41) is 1.20. The number of nitrogens with zero attached hydrogens (tertiary/aromatic N) is 1. The number of likely N-dealkylation sites (tertiary alicyclic amines) is 1. The number of carbonyl (C=O) groups is 1. The van der Waals surface area contributed by atoms with E-state index < -0.39 is 0 Å². The predicted molar refractivity (Wildman–Crippen MR) is 109 cm³/mol. The molecule has 2 aliphatic rings. The van der Waals surface area contributed by atoms with Gasteiger partial charge in [-0.2, -0.15) is 0 Å². The van der Waals surface area contributed by atoms with Crippen LogP contribution < -0.4 is 0 Å². The third kappa shape index (κ3) is 3.13. The zero-order valence-corrected chi connectivity index (χ0v) is 15.4. The number of para-hydroxylation sites is 1. The van der Waals surface area contributed by atoms with Crippen molar-refractivity contribution in [3.63, 3.8) is 0 Å². The highest BCUT2D eigenvalue weighted by atomic mass is 16.1. The van der Waals surface area contributed by atoms with Crippen molar-refractivity contribution in [3.05, 3.63) is 83.1 Å². The van der Waals surface area contributed by atoms with Crippen LogP contribution in [0.1, 0.15) is 34.5 Å². The molecule has 0 saturated carbocycles. The van der Waals surface area contributed by atoms with Gasteiger partial charge in [-0.25, -0.2) is 0 Å². The summed E-state index contributed by atoms with van der Waals surface area (Å²) in [6.07, 6.45) is 5.32. The maximum Gasteiger partial charge on any atom is 0.205 e. The van der Waals surface area contributed by atoms with E-state index in [0.29, 0.717) is 5.92 Å². The number of hydrogen-bond acceptors (Lipinski definition) is 2. The Bertz CT molecular complexity index is 1010. The lowest BCUT2D eigenvalue weighted by Crippen LogP contribution is -2.32. The van der Waals surface area contributed by atoms with E-state index in [1.165, 1.54) is 16.5 Å². The van der Waals surface area contributed by atoms with E-state index in [-0.39, 0.29) is 5.78 Å². The third-order valence-corrected chi connectivity index (χ3v) is 6.02. The van der Waals surface area contributed by atoms with Gasteiger partial charge in [0, 0.05) is 29.4 Å². The van der Waals surface area contributed by atoms with Crippen molar-refractivity contribution in [2.45, 2.75) is 25.8 Å². The van der Waals surface area contributed by atoms with Gasteiger partial charge in [-0.1, -0.05) is 54.6 Å². The molecule has 1 saturated heterocycles. The number of Topliss-reactive ketones (excluding diaryl/α,β-unsaturated/α-hetero) is 1. The number of aromatic nitrogens is 1. The molecule has 0 unspecified atom stereocenters. The smallest absolute Gasteiger partial charge is 0.205 e. The van der Waals surface area contributed by atoms with E-state index in [9.17, 15) is 4.79 Å². The molecule has 0 radical (unpaired) electrons. The fourth-order valence-electron chi connectivity index (χ4n) is 4.55. The van der Waals surface area contributed by atoms with Crippen LogP contribution in [0.4, 0.5) is 0 Å². The van der Waals surface area contributed by atoms with Crippen molar-refractivity contribution in [2.75, 3.05) is 13.1 Å². The van der Waals surface area contributed by atoms with Crippen LogP contribution in [-0.4, -0.2) is 28.8 Å². The van der Waals surface area contributed by atoms with E-state index in [4.69, 9.17) is 0 Å². The molecular weight excluding hydrogens is 332 g/mol. The summed E-state index contributed by atoms with van der Waals surface area (Å²) in [6.45, 7) is 3.23. The lowest BCUT2D eigenvalue weighted by Gasteiger charge is -2.30. The molecule has 0 bridgehead atoms. The summed E-state index contributed by atoms with van der Waals surface area (Å²) in [5.41, 5.74) is 5.44. The molecule has 136 valence electrons. The molecule has 2 aromatic carbocycles. The van der Waals surface area contributed by atoms with Crippen LogP contribution in [0.3, 0.4) is 0 Å². The van der Waals surface area contributed by atoms with Crippen LogP contribution in [0, 0.1) is 5.92 Å². The highest BCUT2D eigenvalue weighted by molar-refractivity contribution is 6.15. The number of carbonyl (C=O) groups excluding carboxylic acids is 1. The van der Waals surface area contributed by atoms with Gasteiger partial charge in [0.05, 0.1) is 5.69 Å². The van der Waals surface area contributed by atoms with Gasteiger partial charge < -0.3 is 4.98 Å². The first kappa shape index (κ1) is 16.5. The highest BCUT2D eigenvalue weighted by Gasteiger charge is 2.30. The second-order valence-electron chi connectivity index (χ2n) is 7.82. The van der Waals surface area contributed by atoms with Crippen LogP contribution >= 0.6 is 0 Å². The summed E-state index contributed by atoms with van der Waals surface area (Å²) in [7, 11) is 0. The Morgan fingerprint density at radius 2 is 1.74 bits per heavy atom. The van der Waals surface area contributed by atoms with E-state index in [2.05, 4.69) is 52.4 Å². The number of rotatable bonds is 3. The molecule has 1 aromatic heterocycles. The van der Waals surface area contributed by atoms with Crippen LogP contribution in [-0.2, 0) is 13.0 Å². The van der Waals surface area contributed by atoms with Gasteiger partial charge in [-0.3, -0.25) is 9.69 Å². The Morgan fingerprint density at radius 1 is 1.00 bits per heavy atom. The summed E-state index contributed by atoms with van der Waals surface area (Å²) in [4.78, 5) is 18.7. The Morgan fingerprint density at radius 3 is 2.56 bits per heavy atom. The summed E-state index contributed by atoms with van der Waals surface area (Å²) >= 11 is 0. The zero-order valence-electron chi connectivity index (χ0n) is 15.4. The van der Waals surface area contributed by atoms with Crippen molar-refractivity contribution in [2.24, 2.45) is 5.92 Å². The van der Waals surface area contributed by atoms with E-state index in [0.717, 1.165) is 55.7 Å². The number of fused-ring (bicyclic) bond motifs is 3. The molecule has 1 aliphatic carbocycles. The number of hydrogen-bond donors (Lipinski definition) is 1. The Labute approximate surface area is 159 Å². The maximum absolute atomic E-state index is 12.8. The maximum atomic E-state index is 12.8. The Hall–Kier alpha value is -2.65. The molecule has 1 aliphatic heterocycles. The largest absolute Gasteiger partial charge is 0.352 e. The molecule has 1 fully saturated rings. The summed E-state index contributed by atoms with van der Waals surface area (Å²) < 4.78 is 0. The zero-order chi connectivity index (χ0) is 18.2. The van der Waals surface area contributed by atoms with Gasteiger partial charge in [-0.15, -0.1) is 0 Å². The van der Waals surface area contributed by atoms with Gasteiger partial charge in [-0.05, 0) is 49.0 Å². The quantitative estimate of drug-likeness (QED) is 0.688. The van der Waals surface area contributed by atoms with Gasteiger partial charge >= 0.3 is 0 Å². The molecule has 3 aromatic rings. The van der Waals surface area contributed by atoms with Gasteiger partial charge in [0.25, 0.3) is 0 Å². The molecule has 3 nitrogen and oxygen atoms in total. The van der Waals surface area contributed by atoms with Crippen molar-refractivity contribution in [1.82, 2.24) is 9.88 Å². The summed E-state index contributed by atoms with van der Waals surface area (Å²) in [6, 6.07) is 18.9. The Balaban J connectivity index is 1.26. The average Bonchev–Trinajstić information content (AvgIpc) is 3.21. The van der Waals surface area contributed by atoms with E-state index >= 15 is 0 Å². The number of piperidine rings is 1. The number of nitrogens with one attached hydrogen (secondary N) is 1. The lowest BCUT2D eigenvalue weighted by molar-refractivity contribution is 0.103. The van der Waals surface area contributed by atoms with Crippen LogP contribution in [0.15, 0.2) is 66.2 Å². The van der Waals surface area contributed by atoms with Crippen molar-refractivity contribution in [3.8, 4) is 0 Å². The van der Waals surface area contributed by atoms with Gasteiger partial charge in [0.15, 0.2) is 0 Å². The molecule has 5 rings (SSSR count). The molecule has 0 spiro atoms. The minimum atomic E-state index is 0.202. The first-order valence-electron chi connectivity index (χ1n) is 9.89. The van der Waals surface area contributed by atoms with Crippen molar-refractivity contribution >= 4 is 16.7 Å². The fraction of sp³-hybridized carbons (Fsp3) is 0.292. The molecule has 3 heteroatoms. The number of aromatic amines is 1. The van der Waals surface area contributed by atoms with E-state index in [1.54, 1.807) is 0 Å². The number of allylic oxidation sites excluding steroid dienone is 2. The average molecular weight is 356 g/mol. The first-order chi connectivity index (χ1) is 13.3. The summed E-state index contributed by atoms with van der Waals surface area (Å²) in [5.74, 6) is 0.721. The third-order valence-electron chi connectivity index (χ3n) is 6.02. The number of H-pyrrole nitrogens is 1. The molecular formula is C24H24N2O. The monoisotopic (exact) mass is 356 g/mol. The molecule has 1 N–H and O–H groups in total. The lowest BCUT2D eigenvalue weighted by atomic mass is 9.93. The number of ketones is 1. The number of benzene rings is 2. The van der Waals surface area contributed by atoms with Crippen molar-refractivity contribution < 1.29 is 4.79 Å². The highest BCUT2D eigenvalue weighted by Crippen LogP contribution is 2.34. The predicted octanol–water partition coefficient (Wildman–Crippen LogP) is 4.75. The van der Waals surface area contributed by atoms with Crippen LogP contribution in [0.25, 0.3) is 10.9 Å². The Kier molecular flexibility index (Phi) is 4.17. The molecule has 2 heterocycles. The van der Waals surface area contributed by atoms with Gasteiger partial charge in [0.2, 0.25) is 5.78 Å². The fourth-order valence-corrected chi connectivity index (χ4v) is 4.55. The van der Waals surface area contributed by atoms with Gasteiger partial charge in [0.1, 0.15) is 0 Å². The molecule has 0 amide bonds. The first-order valence-corrected chi connectivity index (χ1v) is 9.89. The van der Waals surface area contributed by atoms with Crippen molar-refractivity contribution in [1.29, 1.82) is 0 Å².